The van der Waals surface area contributed by atoms with Crippen LogP contribution in [0.1, 0.15) is 39.5 Å². The summed E-state index contributed by atoms with van der Waals surface area (Å²) in [4.78, 5) is 35.0. The average molecular weight is 296 g/mol. The van der Waals surface area contributed by atoms with Gasteiger partial charge in [0.2, 0.25) is 0 Å². The number of carbonyl (C=O) groups is 3. The summed E-state index contributed by atoms with van der Waals surface area (Å²) in [5, 5.41) is 0. The molecule has 3 rings (SSSR count). The fourth-order valence-electron chi connectivity index (χ4n) is 4.17. The van der Waals surface area contributed by atoms with Crippen molar-refractivity contribution in [1.29, 1.82) is 0 Å². The second-order valence-electron chi connectivity index (χ2n) is 6.26. The molecular formula is C15H20O6. The minimum atomic E-state index is -0.676. The molecule has 0 amide bonds. The van der Waals surface area contributed by atoms with Gasteiger partial charge in [0.15, 0.2) is 0 Å². The normalized spacial score (nSPS) is 39.2. The quantitative estimate of drug-likeness (QED) is 0.560. The summed E-state index contributed by atoms with van der Waals surface area (Å²) in [6.07, 6.45) is 1.27. The largest absolute Gasteiger partial charge is 0.466 e. The molecule has 0 aromatic carbocycles. The molecule has 6 nitrogen and oxygen atoms in total. The molecule has 6 heteroatoms. The van der Waals surface area contributed by atoms with Crippen LogP contribution in [0.15, 0.2) is 0 Å². The van der Waals surface area contributed by atoms with Crippen molar-refractivity contribution >= 4 is 17.9 Å². The first-order valence-corrected chi connectivity index (χ1v) is 7.53. The maximum absolute atomic E-state index is 11.9. The van der Waals surface area contributed by atoms with Crippen molar-refractivity contribution in [2.75, 3.05) is 6.61 Å². The van der Waals surface area contributed by atoms with Gasteiger partial charge in [0.05, 0.1) is 25.4 Å². The number of rotatable bonds is 5. The summed E-state index contributed by atoms with van der Waals surface area (Å²) in [6.45, 7) is 3.88. The third-order valence-electron chi connectivity index (χ3n) is 5.05. The maximum atomic E-state index is 11.9. The highest BCUT2D eigenvalue weighted by Gasteiger charge is 2.70. The molecule has 0 spiro atoms. The molecule has 2 bridgehead atoms. The summed E-state index contributed by atoms with van der Waals surface area (Å²) in [5.74, 6) is -0.646. The van der Waals surface area contributed by atoms with Crippen LogP contribution < -0.4 is 0 Å². The van der Waals surface area contributed by atoms with Crippen molar-refractivity contribution in [3.8, 4) is 0 Å². The van der Waals surface area contributed by atoms with Crippen LogP contribution in [-0.4, -0.2) is 36.2 Å². The van der Waals surface area contributed by atoms with Gasteiger partial charge < -0.3 is 14.2 Å². The van der Waals surface area contributed by atoms with Crippen LogP contribution in [0.25, 0.3) is 0 Å². The molecule has 2 saturated carbocycles. The number of hydrogen-bond donors (Lipinski definition) is 0. The minimum Gasteiger partial charge on any atom is -0.466 e. The minimum absolute atomic E-state index is 0.000174. The highest BCUT2D eigenvalue weighted by molar-refractivity contribution is 5.79. The molecule has 0 aromatic heterocycles. The van der Waals surface area contributed by atoms with Crippen LogP contribution in [0, 0.1) is 17.8 Å². The third kappa shape index (κ3) is 2.21. The van der Waals surface area contributed by atoms with E-state index >= 15 is 0 Å². The van der Waals surface area contributed by atoms with Crippen molar-refractivity contribution < 1.29 is 28.6 Å². The van der Waals surface area contributed by atoms with Gasteiger partial charge in [0, 0.05) is 11.8 Å². The lowest BCUT2D eigenvalue weighted by Gasteiger charge is -2.34. The average Bonchev–Trinajstić information content (AvgIpc) is 3.00. The van der Waals surface area contributed by atoms with Crippen molar-refractivity contribution in [3.05, 3.63) is 0 Å². The van der Waals surface area contributed by atoms with E-state index in [4.69, 9.17) is 14.2 Å². The van der Waals surface area contributed by atoms with Crippen LogP contribution in [0.5, 0.6) is 0 Å². The highest BCUT2D eigenvalue weighted by atomic mass is 16.6. The van der Waals surface area contributed by atoms with Gasteiger partial charge in [-0.1, -0.05) is 0 Å². The Balaban J connectivity index is 1.58. The molecule has 3 fully saturated rings. The van der Waals surface area contributed by atoms with E-state index in [0.29, 0.717) is 6.61 Å². The molecule has 2 aliphatic carbocycles. The standard InChI is InChI=1S/C15H20O6/c1-3-19-11(16)4-5-12(17)20-13-8-6-9-10(7-8)15(13,2)21-14(9)18/h8-10,13H,3-7H2,1-2H3. The maximum Gasteiger partial charge on any atom is 0.310 e. The summed E-state index contributed by atoms with van der Waals surface area (Å²) in [5.41, 5.74) is -0.676. The fourth-order valence-corrected chi connectivity index (χ4v) is 4.17. The Hall–Kier alpha value is -1.59. The number of carbonyl (C=O) groups excluding carboxylic acids is 3. The van der Waals surface area contributed by atoms with E-state index in [1.54, 1.807) is 6.92 Å². The molecule has 0 aromatic rings. The first-order chi connectivity index (χ1) is 9.95. The third-order valence-corrected chi connectivity index (χ3v) is 5.05. The predicted octanol–water partition coefficient (Wildman–Crippen LogP) is 1.21. The van der Waals surface area contributed by atoms with Gasteiger partial charge in [-0.3, -0.25) is 14.4 Å². The highest BCUT2D eigenvalue weighted by Crippen LogP contribution is 2.61. The molecule has 5 unspecified atom stereocenters. The van der Waals surface area contributed by atoms with Crippen LogP contribution >= 0.6 is 0 Å². The molecule has 21 heavy (non-hydrogen) atoms. The van der Waals surface area contributed by atoms with E-state index in [1.807, 2.05) is 6.92 Å². The SMILES string of the molecule is CCOC(=O)CCC(=O)OC1C2CC3C(=O)OC1(C)C3C2. The molecule has 1 heterocycles. The van der Waals surface area contributed by atoms with E-state index in [0.717, 1.165) is 12.8 Å². The fraction of sp³-hybridized carbons (Fsp3) is 0.800. The summed E-state index contributed by atoms with van der Waals surface area (Å²) >= 11 is 0. The van der Waals surface area contributed by atoms with Gasteiger partial charge in [0.25, 0.3) is 0 Å². The Labute approximate surface area is 123 Å². The van der Waals surface area contributed by atoms with E-state index in [2.05, 4.69) is 0 Å². The molecule has 5 atom stereocenters. The van der Waals surface area contributed by atoms with E-state index in [9.17, 15) is 14.4 Å². The van der Waals surface area contributed by atoms with Gasteiger partial charge in [0.1, 0.15) is 11.7 Å². The molecule has 0 radical (unpaired) electrons. The lowest BCUT2D eigenvalue weighted by Crippen LogP contribution is -2.46. The number of fused-ring (bicyclic) bond motifs is 1. The van der Waals surface area contributed by atoms with Gasteiger partial charge >= 0.3 is 17.9 Å². The lowest BCUT2D eigenvalue weighted by molar-refractivity contribution is -0.174. The predicted molar refractivity (Wildman–Crippen MR) is 69.9 cm³/mol. The molecule has 1 aliphatic heterocycles. The molecule has 0 N–H and O–H groups in total. The van der Waals surface area contributed by atoms with Gasteiger partial charge in [-0.15, -0.1) is 0 Å². The Morgan fingerprint density at radius 2 is 2.00 bits per heavy atom. The first-order valence-electron chi connectivity index (χ1n) is 7.53. The summed E-state index contributed by atoms with van der Waals surface area (Å²) in [7, 11) is 0. The van der Waals surface area contributed by atoms with Crippen molar-refractivity contribution in [1.82, 2.24) is 0 Å². The van der Waals surface area contributed by atoms with Crippen LogP contribution in [0.4, 0.5) is 0 Å². The topological polar surface area (TPSA) is 78.9 Å². The van der Waals surface area contributed by atoms with E-state index < -0.39 is 17.5 Å². The summed E-state index contributed by atoms with van der Waals surface area (Å²) in [6, 6.07) is 0. The zero-order valence-corrected chi connectivity index (χ0v) is 12.3. The van der Waals surface area contributed by atoms with Crippen LogP contribution in [-0.2, 0) is 28.6 Å². The van der Waals surface area contributed by atoms with E-state index in [-0.39, 0.29) is 42.7 Å². The van der Waals surface area contributed by atoms with Gasteiger partial charge in [-0.2, -0.15) is 0 Å². The number of esters is 3. The molecule has 1 saturated heterocycles. The monoisotopic (exact) mass is 296 g/mol. The van der Waals surface area contributed by atoms with Crippen molar-refractivity contribution in [3.63, 3.8) is 0 Å². The van der Waals surface area contributed by atoms with Gasteiger partial charge in [-0.25, -0.2) is 0 Å². The summed E-state index contributed by atoms with van der Waals surface area (Å²) < 4.78 is 15.8. The zero-order chi connectivity index (χ0) is 15.2. The van der Waals surface area contributed by atoms with Crippen molar-refractivity contribution in [2.45, 2.75) is 51.2 Å². The number of ether oxygens (including phenoxy) is 3. The Morgan fingerprint density at radius 3 is 2.71 bits per heavy atom. The second kappa shape index (κ2) is 5.00. The first kappa shape index (κ1) is 14.4. The Bertz CT molecular complexity index is 487. The van der Waals surface area contributed by atoms with Crippen LogP contribution in [0.2, 0.25) is 0 Å². The number of hydrogen-bond acceptors (Lipinski definition) is 6. The van der Waals surface area contributed by atoms with Gasteiger partial charge in [-0.05, 0) is 26.7 Å². The lowest BCUT2D eigenvalue weighted by atomic mass is 9.79. The zero-order valence-electron chi connectivity index (χ0n) is 12.3. The smallest absolute Gasteiger partial charge is 0.310 e. The second-order valence-corrected chi connectivity index (χ2v) is 6.26. The molecule has 116 valence electrons. The van der Waals surface area contributed by atoms with Crippen LogP contribution in [0.3, 0.4) is 0 Å². The Morgan fingerprint density at radius 1 is 1.29 bits per heavy atom. The molecule has 3 aliphatic rings. The Kier molecular flexibility index (Phi) is 3.42. The molecular weight excluding hydrogens is 276 g/mol. The van der Waals surface area contributed by atoms with E-state index in [1.165, 1.54) is 0 Å². The van der Waals surface area contributed by atoms with Crippen molar-refractivity contribution in [2.24, 2.45) is 17.8 Å².